The van der Waals surface area contributed by atoms with E-state index >= 15 is 0 Å². The summed E-state index contributed by atoms with van der Waals surface area (Å²) in [6.45, 7) is 6.15. The topological polar surface area (TPSA) is 63.4 Å². The van der Waals surface area contributed by atoms with Gasteiger partial charge in [-0.15, -0.1) is 0 Å². The molecule has 0 amide bonds. The van der Waals surface area contributed by atoms with Gasteiger partial charge in [-0.1, -0.05) is 13.0 Å². The van der Waals surface area contributed by atoms with Gasteiger partial charge < -0.3 is 5.73 Å². The van der Waals surface area contributed by atoms with E-state index in [-0.39, 0.29) is 6.04 Å². The summed E-state index contributed by atoms with van der Waals surface area (Å²) in [6.07, 6.45) is 2.79. The molecule has 0 spiro atoms. The van der Waals surface area contributed by atoms with Crippen LogP contribution in [0.3, 0.4) is 0 Å². The number of hydrogen-bond acceptors (Lipinski definition) is 4. The first kappa shape index (κ1) is 18.5. The summed E-state index contributed by atoms with van der Waals surface area (Å²) in [4.78, 5) is 0.371. The molecule has 0 saturated carbocycles. The highest BCUT2D eigenvalue weighted by atomic mass is 32.2. The minimum Gasteiger partial charge on any atom is -0.326 e. The van der Waals surface area contributed by atoms with Crippen LogP contribution >= 0.6 is 11.8 Å². The Morgan fingerprint density at radius 2 is 1.90 bits per heavy atom. The molecule has 0 bridgehead atoms. The van der Waals surface area contributed by atoms with Gasteiger partial charge in [0.25, 0.3) is 0 Å². The van der Waals surface area contributed by atoms with Gasteiger partial charge in [-0.3, -0.25) is 0 Å². The van der Waals surface area contributed by atoms with Crippen LogP contribution in [0, 0.1) is 13.8 Å². The van der Waals surface area contributed by atoms with E-state index in [1.807, 2.05) is 33.1 Å². The zero-order chi connectivity index (χ0) is 16.2. The molecule has 0 aliphatic carbocycles. The molecule has 0 aliphatic heterocycles. The Balaban J connectivity index is 3.30. The van der Waals surface area contributed by atoms with Crippen molar-refractivity contribution in [3.05, 3.63) is 28.8 Å². The van der Waals surface area contributed by atoms with Crippen LogP contribution in [-0.2, 0) is 16.6 Å². The van der Waals surface area contributed by atoms with E-state index in [1.54, 1.807) is 24.9 Å². The summed E-state index contributed by atoms with van der Waals surface area (Å²) in [5.74, 6) is 0.793. The summed E-state index contributed by atoms with van der Waals surface area (Å²) in [6, 6.07) is 3.63. The monoisotopic (exact) mass is 330 g/mol. The fourth-order valence-corrected chi connectivity index (χ4v) is 5.02. The molecule has 120 valence electrons. The molecule has 0 aliphatic rings. The van der Waals surface area contributed by atoms with Gasteiger partial charge in [0.05, 0.1) is 4.90 Å². The van der Waals surface area contributed by atoms with Gasteiger partial charge in [-0.25, -0.2) is 8.42 Å². The Morgan fingerprint density at radius 1 is 1.29 bits per heavy atom. The molecule has 0 fully saturated rings. The smallest absolute Gasteiger partial charge is 0.243 e. The van der Waals surface area contributed by atoms with Gasteiger partial charge in [-0.05, 0) is 49.3 Å². The number of rotatable bonds is 7. The molecule has 0 aromatic heterocycles. The van der Waals surface area contributed by atoms with Crippen LogP contribution in [0.5, 0.6) is 0 Å². The number of thioether (sulfide) groups is 1. The van der Waals surface area contributed by atoms with E-state index in [0.29, 0.717) is 11.4 Å². The third-order valence-electron chi connectivity index (χ3n) is 3.85. The van der Waals surface area contributed by atoms with Crippen LogP contribution in [0.1, 0.15) is 30.0 Å². The second kappa shape index (κ2) is 7.63. The quantitative estimate of drug-likeness (QED) is 0.834. The van der Waals surface area contributed by atoms with Crippen molar-refractivity contribution < 1.29 is 8.42 Å². The predicted octanol–water partition coefficient (Wildman–Crippen LogP) is 2.52. The highest BCUT2D eigenvalue weighted by Crippen LogP contribution is 2.25. The second-order valence-corrected chi connectivity index (χ2v) is 8.16. The largest absolute Gasteiger partial charge is 0.326 e. The van der Waals surface area contributed by atoms with E-state index in [4.69, 9.17) is 5.73 Å². The van der Waals surface area contributed by atoms with Gasteiger partial charge in [0.2, 0.25) is 10.0 Å². The summed E-state index contributed by atoms with van der Waals surface area (Å²) < 4.78 is 27.3. The van der Waals surface area contributed by atoms with E-state index in [0.717, 1.165) is 28.9 Å². The van der Waals surface area contributed by atoms with E-state index < -0.39 is 10.0 Å². The van der Waals surface area contributed by atoms with Crippen molar-refractivity contribution in [1.82, 2.24) is 4.31 Å². The second-order valence-electron chi connectivity index (χ2n) is 5.29. The fraction of sp³-hybridized carbons (Fsp3) is 0.600. The highest BCUT2D eigenvalue weighted by Gasteiger charge is 2.28. The summed E-state index contributed by atoms with van der Waals surface area (Å²) in [5, 5.41) is 0. The van der Waals surface area contributed by atoms with Crippen molar-refractivity contribution in [2.45, 2.75) is 44.7 Å². The van der Waals surface area contributed by atoms with E-state index in [2.05, 4.69) is 0 Å². The molecule has 21 heavy (non-hydrogen) atoms. The van der Waals surface area contributed by atoms with Gasteiger partial charge in [-0.2, -0.15) is 16.1 Å². The van der Waals surface area contributed by atoms with Crippen molar-refractivity contribution in [2.75, 3.05) is 19.1 Å². The maximum Gasteiger partial charge on any atom is 0.243 e. The van der Waals surface area contributed by atoms with Crippen molar-refractivity contribution in [3.63, 3.8) is 0 Å². The molecule has 0 saturated heterocycles. The molecule has 1 aromatic carbocycles. The summed E-state index contributed by atoms with van der Waals surface area (Å²) in [5.41, 5.74) is 8.40. The first-order valence-corrected chi connectivity index (χ1v) is 9.90. The predicted molar refractivity (Wildman–Crippen MR) is 91.2 cm³/mol. The molecular weight excluding hydrogens is 304 g/mol. The number of benzene rings is 1. The average molecular weight is 331 g/mol. The minimum absolute atomic E-state index is 0.00651. The van der Waals surface area contributed by atoms with E-state index in [1.165, 1.54) is 4.31 Å². The Kier molecular flexibility index (Phi) is 6.71. The maximum absolute atomic E-state index is 12.9. The highest BCUT2D eigenvalue weighted by molar-refractivity contribution is 7.98. The molecular formula is C15H26N2O2S2. The number of sulfonamides is 1. The molecule has 0 radical (unpaired) electrons. The lowest BCUT2D eigenvalue weighted by atomic mass is 10.1. The Morgan fingerprint density at radius 3 is 2.38 bits per heavy atom. The number of nitrogens with two attached hydrogens (primary N) is 1. The van der Waals surface area contributed by atoms with Gasteiger partial charge in [0.1, 0.15) is 0 Å². The van der Waals surface area contributed by atoms with Crippen molar-refractivity contribution in [2.24, 2.45) is 5.73 Å². The molecule has 0 heterocycles. The molecule has 1 rings (SSSR count). The van der Waals surface area contributed by atoms with Crippen molar-refractivity contribution in [3.8, 4) is 0 Å². The third-order valence-corrected chi connectivity index (χ3v) is 6.63. The molecule has 4 nitrogen and oxygen atoms in total. The summed E-state index contributed by atoms with van der Waals surface area (Å²) in [7, 11) is -1.82. The molecule has 2 N–H and O–H groups in total. The Labute approximate surface area is 133 Å². The van der Waals surface area contributed by atoms with Crippen LogP contribution in [-0.4, -0.2) is 37.8 Å². The lowest BCUT2D eigenvalue weighted by molar-refractivity contribution is 0.385. The molecule has 1 unspecified atom stereocenters. The first-order chi connectivity index (χ1) is 9.79. The zero-order valence-corrected chi connectivity index (χ0v) is 15.1. The lowest BCUT2D eigenvalue weighted by Crippen LogP contribution is -2.38. The Bertz CT molecular complexity index is 586. The average Bonchev–Trinajstić information content (AvgIpc) is 2.43. The zero-order valence-electron chi connectivity index (χ0n) is 13.5. The maximum atomic E-state index is 12.9. The minimum atomic E-state index is -3.49. The lowest BCUT2D eigenvalue weighted by Gasteiger charge is -2.27. The Hall–Kier alpha value is -0.560. The van der Waals surface area contributed by atoms with Crippen LogP contribution in [0.4, 0.5) is 0 Å². The fourth-order valence-electron chi connectivity index (χ4n) is 2.40. The van der Waals surface area contributed by atoms with Crippen molar-refractivity contribution in [1.29, 1.82) is 0 Å². The van der Waals surface area contributed by atoms with Crippen molar-refractivity contribution >= 4 is 21.8 Å². The molecule has 1 aromatic rings. The van der Waals surface area contributed by atoms with Gasteiger partial charge >= 0.3 is 0 Å². The van der Waals surface area contributed by atoms with Gasteiger partial charge in [0.15, 0.2) is 0 Å². The normalized spacial score (nSPS) is 13.7. The van der Waals surface area contributed by atoms with Crippen LogP contribution in [0.2, 0.25) is 0 Å². The third kappa shape index (κ3) is 4.00. The first-order valence-electron chi connectivity index (χ1n) is 7.06. The standard InChI is InChI=1S/C15H26N2O2S2/c1-6-14(10-20-5)17(4)21(18,19)15-8-13(9-16)11(2)7-12(15)3/h7-8,14H,6,9-10,16H2,1-5H3. The summed E-state index contributed by atoms with van der Waals surface area (Å²) >= 11 is 1.66. The number of hydrogen-bond donors (Lipinski definition) is 1. The SMILES string of the molecule is CCC(CSC)N(C)S(=O)(=O)c1cc(CN)c(C)cc1C. The van der Waals surface area contributed by atoms with Gasteiger partial charge in [0, 0.05) is 25.4 Å². The molecule has 1 atom stereocenters. The van der Waals surface area contributed by atoms with Crippen LogP contribution < -0.4 is 5.73 Å². The van der Waals surface area contributed by atoms with Crippen LogP contribution in [0.15, 0.2) is 17.0 Å². The van der Waals surface area contributed by atoms with Crippen LogP contribution in [0.25, 0.3) is 0 Å². The number of nitrogens with zero attached hydrogens (tertiary/aromatic N) is 1. The molecule has 6 heteroatoms. The number of aryl methyl sites for hydroxylation is 2. The van der Waals surface area contributed by atoms with E-state index in [9.17, 15) is 8.42 Å².